The van der Waals surface area contributed by atoms with Gasteiger partial charge < -0.3 is 15.7 Å². The Balaban J connectivity index is 2.39. The molecule has 0 spiro atoms. The lowest BCUT2D eigenvalue weighted by molar-refractivity contribution is -0.509. The third kappa shape index (κ3) is 4.89. The number of aliphatic imine (C=N–C) groups is 1. The Labute approximate surface area is 172 Å². The number of phenols is 1. The van der Waals surface area contributed by atoms with E-state index in [2.05, 4.69) is 25.9 Å². The first-order chi connectivity index (χ1) is 13.3. The maximum Gasteiger partial charge on any atom is 0.309 e. The number of nitrogens with zero attached hydrogens (tertiary/aromatic N) is 2. The van der Waals surface area contributed by atoms with Gasteiger partial charge in [0.25, 0.3) is 5.91 Å². The number of nitrogens with one attached hydrogen (secondary N) is 1. The first-order valence-electron chi connectivity index (χ1n) is 8.77. The van der Waals surface area contributed by atoms with Crippen molar-refractivity contribution in [3.8, 4) is 5.75 Å². The fourth-order valence-electron chi connectivity index (χ4n) is 2.63. The topological polar surface area (TPSA) is 119 Å². The molecule has 148 valence electrons. The molecule has 0 radical (unpaired) electrons. The molecule has 0 saturated heterocycles. The van der Waals surface area contributed by atoms with Gasteiger partial charge in [-0.1, -0.05) is 37.3 Å². The number of phenolic OH excluding ortho intramolecular Hbond substituents is 1. The lowest BCUT2D eigenvalue weighted by atomic mass is 10.1. The molecule has 0 aliphatic rings. The zero-order valence-corrected chi connectivity index (χ0v) is 17.7. The van der Waals surface area contributed by atoms with Crippen LogP contribution < -0.4 is 16.5 Å². The van der Waals surface area contributed by atoms with E-state index in [1.807, 2.05) is 37.3 Å². The van der Waals surface area contributed by atoms with Crippen molar-refractivity contribution in [2.24, 2.45) is 16.5 Å². The van der Waals surface area contributed by atoms with E-state index in [9.17, 15) is 9.90 Å². The van der Waals surface area contributed by atoms with Gasteiger partial charge in [-0.3, -0.25) is 15.5 Å². The Kier molecular flexibility index (Phi) is 7.17. The summed E-state index contributed by atoms with van der Waals surface area (Å²) in [6.45, 7) is 2.03. The van der Waals surface area contributed by atoms with Crippen molar-refractivity contribution in [2.75, 3.05) is 14.1 Å². The second-order valence-corrected chi connectivity index (χ2v) is 7.27. The number of benzene rings is 2. The van der Waals surface area contributed by atoms with Gasteiger partial charge >= 0.3 is 5.84 Å². The summed E-state index contributed by atoms with van der Waals surface area (Å²) in [5.74, 6) is -0.405. The predicted molar refractivity (Wildman–Crippen MR) is 115 cm³/mol. The van der Waals surface area contributed by atoms with Crippen molar-refractivity contribution in [1.82, 2.24) is 4.90 Å². The molecule has 1 atom stereocenters. The molecule has 0 unspecified atom stereocenters. The van der Waals surface area contributed by atoms with Gasteiger partial charge in [-0.2, -0.15) is 0 Å². The van der Waals surface area contributed by atoms with Crippen molar-refractivity contribution in [1.29, 1.82) is 0 Å². The van der Waals surface area contributed by atoms with Crippen LogP contribution in [0, 0.1) is 0 Å². The van der Waals surface area contributed by atoms with Gasteiger partial charge in [-0.25, -0.2) is 4.99 Å². The predicted octanol–water partition coefficient (Wildman–Crippen LogP) is 1.43. The highest BCUT2D eigenvalue weighted by Gasteiger charge is 2.21. The number of nitrogens with two attached hydrogens (primary N) is 2. The van der Waals surface area contributed by atoms with E-state index in [1.165, 1.54) is 4.90 Å². The highest BCUT2D eigenvalue weighted by atomic mass is 79.9. The number of amides is 1. The Morgan fingerprint density at radius 3 is 2.43 bits per heavy atom. The van der Waals surface area contributed by atoms with Crippen molar-refractivity contribution in [3.63, 3.8) is 0 Å². The van der Waals surface area contributed by atoms with Gasteiger partial charge in [0.2, 0.25) is 5.84 Å². The molecule has 2 rings (SSSR count). The van der Waals surface area contributed by atoms with E-state index >= 15 is 0 Å². The number of hydrogen-bond acceptors (Lipinski definition) is 3. The van der Waals surface area contributed by atoms with Crippen LogP contribution >= 0.6 is 15.9 Å². The van der Waals surface area contributed by atoms with Crippen molar-refractivity contribution < 1.29 is 14.9 Å². The fraction of sp³-hybridized carbons (Fsp3) is 0.250. The van der Waals surface area contributed by atoms with Crippen LogP contribution in [0.2, 0.25) is 0 Å². The molecule has 6 N–H and O–H groups in total. The van der Waals surface area contributed by atoms with Gasteiger partial charge in [-0.05, 0) is 40.0 Å². The summed E-state index contributed by atoms with van der Waals surface area (Å²) in [5.41, 5.74) is 13.5. The van der Waals surface area contributed by atoms with E-state index in [-0.39, 0.29) is 40.6 Å². The van der Waals surface area contributed by atoms with Crippen LogP contribution in [0.4, 0.5) is 5.69 Å². The van der Waals surface area contributed by atoms with Gasteiger partial charge in [0, 0.05) is 18.6 Å². The van der Waals surface area contributed by atoms with Crippen LogP contribution in [0.15, 0.2) is 51.9 Å². The molecule has 2 aromatic rings. The molecule has 0 fully saturated rings. The summed E-state index contributed by atoms with van der Waals surface area (Å²) < 4.78 is 0.464. The minimum absolute atomic E-state index is 0.0234. The molecule has 0 saturated carbocycles. The molecule has 28 heavy (non-hydrogen) atoms. The number of rotatable bonds is 5. The summed E-state index contributed by atoms with van der Waals surface area (Å²) in [7, 11) is 3.20. The normalized spacial score (nSPS) is 13.3. The third-order valence-electron chi connectivity index (χ3n) is 4.18. The van der Waals surface area contributed by atoms with Crippen LogP contribution in [0.1, 0.15) is 35.3 Å². The molecule has 7 nitrogen and oxygen atoms in total. The maximum atomic E-state index is 12.3. The van der Waals surface area contributed by atoms with Crippen LogP contribution in [0.3, 0.4) is 0 Å². The molecular weight excluding hydrogens is 422 g/mol. The standard InChI is InChI=1S/C20H24BrN5O2/c1-4-14(12-8-6-5-7-9-12)24-18(22)19(23)25-15-11-10-13(21)16(17(15)27)20(28)26(2)3/h5-11,14,27H,4H2,1-3H3,(H2,22,24)(H2,23,25)/p+1/t14-/m1/s1. The van der Waals surface area contributed by atoms with Gasteiger partial charge in [0.1, 0.15) is 11.7 Å². The monoisotopic (exact) mass is 446 g/mol. The van der Waals surface area contributed by atoms with Crippen LogP contribution in [-0.4, -0.2) is 41.7 Å². The molecule has 8 heteroatoms. The highest BCUT2D eigenvalue weighted by Crippen LogP contribution is 2.35. The number of carbonyl (C=O) groups is 1. The molecule has 0 aliphatic heterocycles. The quantitative estimate of drug-likeness (QED) is 0.410. The zero-order valence-electron chi connectivity index (χ0n) is 16.1. The van der Waals surface area contributed by atoms with E-state index in [1.54, 1.807) is 26.2 Å². The van der Waals surface area contributed by atoms with Gasteiger partial charge in [0.05, 0.1) is 5.56 Å². The smallest absolute Gasteiger partial charge is 0.309 e. The summed E-state index contributed by atoms with van der Waals surface area (Å²) in [5, 5.41) is 10.5. The molecule has 0 aromatic heterocycles. The molecule has 0 bridgehead atoms. The molecule has 2 aromatic carbocycles. The summed E-state index contributed by atoms with van der Waals surface area (Å²) in [4.78, 5) is 21.1. The molecule has 1 amide bonds. The van der Waals surface area contributed by atoms with Crippen molar-refractivity contribution in [3.05, 3.63) is 58.1 Å². The second kappa shape index (κ2) is 9.36. The zero-order chi connectivity index (χ0) is 20.8. The van der Waals surface area contributed by atoms with Crippen LogP contribution in [0.5, 0.6) is 5.75 Å². The number of aromatic hydroxyl groups is 1. The van der Waals surface area contributed by atoms with Crippen molar-refractivity contribution in [2.45, 2.75) is 19.4 Å². The minimum Gasteiger partial charge on any atom is -0.505 e. The Hall–Kier alpha value is -2.87. The van der Waals surface area contributed by atoms with Gasteiger partial charge in [0.15, 0.2) is 5.75 Å². The minimum atomic E-state index is -0.356. The first-order valence-corrected chi connectivity index (χ1v) is 9.57. The Bertz CT molecular complexity index is 910. The number of halogens is 1. The van der Waals surface area contributed by atoms with E-state index in [0.29, 0.717) is 4.47 Å². The molecule has 0 aliphatic carbocycles. The average molecular weight is 447 g/mol. The first kappa shape index (κ1) is 21.4. The number of amidine groups is 2. The van der Waals surface area contributed by atoms with Crippen LogP contribution in [-0.2, 0) is 0 Å². The molecule has 0 heterocycles. The number of hydrogen-bond donors (Lipinski definition) is 4. The lowest BCUT2D eigenvalue weighted by Crippen LogP contribution is -2.79. The highest BCUT2D eigenvalue weighted by molar-refractivity contribution is 9.10. The Morgan fingerprint density at radius 1 is 1.21 bits per heavy atom. The van der Waals surface area contributed by atoms with E-state index in [0.717, 1.165) is 12.0 Å². The van der Waals surface area contributed by atoms with Gasteiger partial charge in [-0.15, -0.1) is 0 Å². The maximum absolute atomic E-state index is 12.3. The summed E-state index contributed by atoms with van der Waals surface area (Å²) in [6.07, 6.45) is 0.795. The lowest BCUT2D eigenvalue weighted by Gasteiger charge is -2.14. The SMILES string of the molecule is CC[C@@H]([NH+]=C(N)C(N)=Nc1ccc(Br)c(C(=O)N(C)C)c1O)c1ccccc1. The Morgan fingerprint density at radius 2 is 1.86 bits per heavy atom. The van der Waals surface area contributed by atoms with Crippen LogP contribution in [0.25, 0.3) is 0 Å². The largest absolute Gasteiger partial charge is 0.505 e. The second-order valence-electron chi connectivity index (χ2n) is 6.42. The van der Waals surface area contributed by atoms with E-state index in [4.69, 9.17) is 11.5 Å². The summed E-state index contributed by atoms with van der Waals surface area (Å²) in [6, 6.07) is 13.0. The molecular formula is C20H25BrN5O2+. The van der Waals surface area contributed by atoms with E-state index < -0.39 is 0 Å². The summed E-state index contributed by atoms with van der Waals surface area (Å²) >= 11 is 3.28. The average Bonchev–Trinajstić information content (AvgIpc) is 2.68. The third-order valence-corrected chi connectivity index (χ3v) is 4.84. The van der Waals surface area contributed by atoms with Crippen molar-refractivity contribution >= 4 is 39.2 Å². The fourth-order valence-corrected chi connectivity index (χ4v) is 3.12. The number of carbonyl (C=O) groups excluding carboxylic acids is 1.